The number of aliphatic carboxylic acids is 1. The molecule has 0 aromatic rings. The van der Waals surface area contributed by atoms with Gasteiger partial charge in [-0.3, -0.25) is 4.79 Å². The second-order valence-corrected chi connectivity index (χ2v) is 2.06. The second kappa shape index (κ2) is 2.23. The minimum absolute atomic E-state index is 1.90. The molecule has 7 heteroatoms. The van der Waals surface area contributed by atoms with Crippen molar-refractivity contribution in [2.45, 2.75) is 12.0 Å². The zero-order chi connectivity index (χ0) is 9.52. The van der Waals surface area contributed by atoms with Gasteiger partial charge in [0.2, 0.25) is 0 Å². The Bertz CT molecular complexity index is 271. The van der Waals surface area contributed by atoms with Crippen molar-refractivity contribution in [3.8, 4) is 0 Å². The van der Waals surface area contributed by atoms with Gasteiger partial charge in [0.25, 0.3) is 11.9 Å². The molecule has 0 aromatic carbocycles. The van der Waals surface area contributed by atoms with Gasteiger partial charge in [0, 0.05) is 0 Å². The van der Waals surface area contributed by atoms with Crippen LogP contribution in [-0.4, -0.2) is 34.9 Å². The number of cyclic esters (lactones) is 1. The maximum Gasteiger partial charge on any atom is 0.404 e. The highest BCUT2D eigenvalue weighted by atomic mass is 19.3. The van der Waals surface area contributed by atoms with Gasteiger partial charge in [0.1, 0.15) is 0 Å². The van der Waals surface area contributed by atoms with E-state index in [0.29, 0.717) is 0 Å². The zero-order valence-electron chi connectivity index (χ0n) is 5.41. The lowest BCUT2D eigenvalue weighted by molar-refractivity contribution is -0.164. The summed E-state index contributed by atoms with van der Waals surface area (Å²) in [6.07, 6.45) is -2.37. The molecule has 66 valence electrons. The minimum Gasteiger partial charge on any atom is -0.478 e. The maximum atomic E-state index is 12.3. The van der Waals surface area contributed by atoms with E-state index in [0.717, 1.165) is 0 Å². The van der Waals surface area contributed by atoms with Crippen LogP contribution in [0.4, 0.5) is 8.78 Å². The van der Waals surface area contributed by atoms with E-state index in [9.17, 15) is 23.2 Å². The molecule has 0 spiro atoms. The number of hydrogen-bond donors (Lipinski definition) is 1. The molecule has 5 nitrogen and oxygen atoms in total. The Morgan fingerprint density at radius 2 is 2.00 bits per heavy atom. The number of carbonyl (C=O) groups excluding carboxylic acids is 2. The lowest BCUT2D eigenvalue weighted by atomic mass is 10.2. The van der Waals surface area contributed by atoms with Crippen LogP contribution >= 0.6 is 0 Å². The third-order valence-electron chi connectivity index (χ3n) is 1.25. The molecule has 1 aliphatic rings. The number of ketones is 1. The van der Waals surface area contributed by atoms with Crippen molar-refractivity contribution >= 4 is 17.7 Å². The Hall–Kier alpha value is -1.53. The summed E-state index contributed by atoms with van der Waals surface area (Å²) < 4.78 is 28.1. The number of halogens is 2. The molecule has 12 heavy (non-hydrogen) atoms. The second-order valence-electron chi connectivity index (χ2n) is 2.06. The SMILES string of the molecule is O=C(O)C1OC(=O)C(F)(F)C1=O. The molecule has 1 fully saturated rings. The summed E-state index contributed by atoms with van der Waals surface area (Å²) in [4.78, 5) is 30.6. The quantitative estimate of drug-likeness (QED) is 0.422. The topological polar surface area (TPSA) is 80.7 Å². The number of alkyl halides is 2. The largest absolute Gasteiger partial charge is 0.478 e. The van der Waals surface area contributed by atoms with Gasteiger partial charge in [-0.25, -0.2) is 9.59 Å². The number of rotatable bonds is 1. The van der Waals surface area contributed by atoms with Crippen LogP contribution < -0.4 is 0 Å². The van der Waals surface area contributed by atoms with Gasteiger partial charge in [-0.2, -0.15) is 8.78 Å². The van der Waals surface area contributed by atoms with Gasteiger partial charge >= 0.3 is 17.9 Å². The van der Waals surface area contributed by atoms with Gasteiger partial charge in [-0.05, 0) is 0 Å². The number of Topliss-reactive ketones (excluding diaryl/α,β-unsaturated/α-hetero) is 1. The van der Waals surface area contributed by atoms with Crippen molar-refractivity contribution in [3.63, 3.8) is 0 Å². The monoisotopic (exact) mass is 180 g/mol. The summed E-state index contributed by atoms with van der Waals surface area (Å²) in [5, 5.41) is 8.10. The van der Waals surface area contributed by atoms with E-state index in [1.54, 1.807) is 0 Å². The highest BCUT2D eigenvalue weighted by molar-refractivity contribution is 6.19. The van der Waals surface area contributed by atoms with Gasteiger partial charge in [-0.1, -0.05) is 0 Å². The van der Waals surface area contributed by atoms with Crippen molar-refractivity contribution in [2.24, 2.45) is 0 Å². The molecule has 1 N–H and O–H groups in total. The molecule has 0 aliphatic carbocycles. The van der Waals surface area contributed by atoms with Gasteiger partial charge in [0.15, 0.2) is 0 Å². The first-order valence-corrected chi connectivity index (χ1v) is 2.73. The fraction of sp³-hybridized carbons (Fsp3) is 0.400. The van der Waals surface area contributed by atoms with Crippen LogP contribution in [0, 0.1) is 0 Å². The van der Waals surface area contributed by atoms with Crippen molar-refractivity contribution in [2.75, 3.05) is 0 Å². The Morgan fingerprint density at radius 1 is 1.50 bits per heavy atom. The van der Waals surface area contributed by atoms with Crippen molar-refractivity contribution < 1.29 is 33.0 Å². The van der Waals surface area contributed by atoms with E-state index in [4.69, 9.17) is 5.11 Å². The molecule has 1 saturated heterocycles. The molecular weight excluding hydrogens is 178 g/mol. The van der Waals surface area contributed by atoms with E-state index in [1.165, 1.54) is 0 Å². The first kappa shape index (κ1) is 8.57. The fourth-order valence-corrected chi connectivity index (χ4v) is 0.662. The minimum atomic E-state index is -4.32. The molecule has 1 heterocycles. The predicted molar refractivity (Wildman–Crippen MR) is 27.5 cm³/mol. The Labute approximate surface area is 63.9 Å². The average Bonchev–Trinajstić information content (AvgIpc) is 2.13. The van der Waals surface area contributed by atoms with E-state index < -0.39 is 29.7 Å². The number of carboxylic acid groups (broad SMARTS) is 1. The summed E-state index contributed by atoms with van der Waals surface area (Å²) in [6.45, 7) is 0. The lowest BCUT2D eigenvalue weighted by Crippen LogP contribution is -2.35. The third kappa shape index (κ3) is 0.936. The Balaban J connectivity index is 2.99. The molecule has 0 aromatic heterocycles. The number of ether oxygens (including phenoxy) is 1. The van der Waals surface area contributed by atoms with Crippen LogP contribution in [0.15, 0.2) is 0 Å². The van der Waals surface area contributed by atoms with E-state index in [-0.39, 0.29) is 0 Å². The van der Waals surface area contributed by atoms with Crippen LogP contribution in [-0.2, 0) is 19.1 Å². The molecule has 0 saturated carbocycles. The smallest absolute Gasteiger partial charge is 0.404 e. The molecule has 0 amide bonds. The van der Waals surface area contributed by atoms with Gasteiger partial charge < -0.3 is 9.84 Å². The van der Waals surface area contributed by atoms with Crippen LogP contribution in [0.2, 0.25) is 0 Å². The molecule has 1 aliphatic heterocycles. The van der Waals surface area contributed by atoms with Crippen molar-refractivity contribution in [1.29, 1.82) is 0 Å². The lowest BCUT2D eigenvalue weighted by Gasteiger charge is -1.98. The molecule has 1 atom stereocenters. The normalized spacial score (nSPS) is 27.0. The predicted octanol–water partition coefficient (Wildman–Crippen LogP) is -0.799. The maximum absolute atomic E-state index is 12.3. The van der Waals surface area contributed by atoms with Crippen LogP contribution in [0.25, 0.3) is 0 Å². The van der Waals surface area contributed by atoms with Crippen molar-refractivity contribution in [3.05, 3.63) is 0 Å². The van der Waals surface area contributed by atoms with E-state index >= 15 is 0 Å². The summed E-state index contributed by atoms with van der Waals surface area (Å²) in [6, 6.07) is 0. The van der Waals surface area contributed by atoms with Crippen LogP contribution in [0.1, 0.15) is 0 Å². The van der Waals surface area contributed by atoms with Gasteiger partial charge in [-0.15, -0.1) is 0 Å². The van der Waals surface area contributed by atoms with Crippen molar-refractivity contribution in [1.82, 2.24) is 0 Å². The highest BCUT2D eigenvalue weighted by Crippen LogP contribution is 2.27. The number of carboxylic acids is 1. The summed E-state index contributed by atoms with van der Waals surface area (Å²) in [7, 11) is 0. The van der Waals surface area contributed by atoms with Crippen LogP contribution in [0.5, 0.6) is 0 Å². The van der Waals surface area contributed by atoms with Gasteiger partial charge in [0.05, 0.1) is 0 Å². The number of esters is 1. The number of hydrogen-bond acceptors (Lipinski definition) is 4. The zero-order valence-corrected chi connectivity index (χ0v) is 5.41. The molecule has 1 rings (SSSR count). The standard InChI is InChI=1S/C5H2F2O5/c6-5(7)2(8)1(3(9)10)12-4(5)11/h1H,(H,9,10). The summed E-state index contributed by atoms with van der Waals surface area (Å²) in [5.41, 5.74) is 0. The Morgan fingerprint density at radius 3 is 2.17 bits per heavy atom. The molecule has 0 bridgehead atoms. The molecule has 0 radical (unpaired) electrons. The Kier molecular flexibility index (Phi) is 1.59. The first-order chi connectivity index (χ1) is 5.37. The van der Waals surface area contributed by atoms with E-state index in [2.05, 4.69) is 4.74 Å². The molecular formula is C5H2F2O5. The first-order valence-electron chi connectivity index (χ1n) is 2.73. The number of carbonyl (C=O) groups is 3. The average molecular weight is 180 g/mol. The fourth-order valence-electron chi connectivity index (χ4n) is 0.662. The molecule has 1 unspecified atom stereocenters. The third-order valence-corrected chi connectivity index (χ3v) is 1.25. The van der Waals surface area contributed by atoms with E-state index in [1.807, 2.05) is 0 Å². The highest BCUT2D eigenvalue weighted by Gasteiger charge is 2.62. The summed E-state index contributed by atoms with van der Waals surface area (Å²) >= 11 is 0. The van der Waals surface area contributed by atoms with Crippen LogP contribution in [0.3, 0.4) is 0 Å². The summed E-state index contributed by atoms with van der Waals surface area (Å²) in [5.74, 6) is -10.4.